The van der Waals surface area contributed by atoms with Crippen molar-refractivity contribution in [1.82, 2.24) is 9.55 Å². The van der Waals surface area contributed by atoms with E-state index in [2.05, 4.69) is 17.1 Å². The van der Waals surface area contributed by atoms with Crippen molar-refractivity contribution in [3.05, 3.63) is 88.6 Å². The molecule has 0 aliphatic rings. The minimum absolute atomic E-state index is 0.334. The number of carboxylic acids is 1. The number of aryl methyl sites for hydroxylation is 2. The Hall–Kier alpha value is -3.21. The van der Waals surface area contributed by atoms with Gasteiger partial charge in [-0.1, -0.05) is 30.3 Å². The summed E-state index contributed by atoms with van der Waals surface area (Å²) in [6, 6.07) is 15.3. The zero-order valence-corrected chi connectivity index (χ0v) is 13.6. The van der Waals surface area contributed by atoms with Crippen molar-refractivity contribution in [3.63, 3.8) is 0 Å². The Labute approximate surface area is 145 Å². The second-order valence-corrected chi connectivity index (χ2v) is 5.85. The summed E-state index contributed by atoms with van der Waals surface area (Å²) in [6.07, 6.45) is 6.90. The minimum atomic E-state index is -1.05. The summed E-state index contributed by atoms with van der Waals surface area (Å²) >= 11 is 0. The SMILES string of the molecule is O=C(O)Cn1cc(-c2cncc(CCc3ccccc3)c2)ccc1=O. The molecule has 1 N–H and O–H groups in total. The molecule has 0 radical (unpaired) electrons. The maximum absolute atomic E-state index is 11.7. The Morgan fingerprint density at radius 1 is 0.960 bits per heavy atom. The molecule has 5 nitrogen and oxygen atoms in total. The summed E-state index contributed by atoms with van der Waals surface area (Å²) in [7, 11) is 0. The molecule has 0 spiro atoms. The van der Waals surface area contributed by atoms with Gasteiger partial charge < -0.3 is 9.67 Å². The van der Waals surface area contributed by atoms with Gasteiger partial charge in [-0.25, -0.2) is 0 Å². The number of rotatable bonds is 6. The van der Waals surface area contributed by atoms with Crippen molar-refractivity contribution in [2.24, 2.45) is 0 Å². The van der Waals surface area contributed by atoms with Crippen LogP contribution < -0.4 is 5.56 Å². The van der Waals surface area contributed by atoms with Gasteiger partial charge >= 0.3 is 5.97 Å². The molecule has 2 heterocycles. The molecule has 2 aromatic heterocycles. The monoisotopic (exact) mass is 334 g/mol. The first-order valence-corrected chi connectivity index (χ1v) is 8.02. The van der Waals surface area contributed by atoms with Gasteiger partial charge in [0.05, 0.1) is 0 Å². The average Bonchev–Trinajstić information content (AvgIpc) is 2.62. The first-order chi connectivity index (χ1) is 12.1. The summed E-state index contributed by atoms with van der Waals surface area (Å²) in [5.41, 5.74) is 3.67. The number of carbonyl (C=O) groups is 1. The maximum Gasteiger partial charge on any atom is 0.323 e. The van der Waals surface area contributed by atoms with E-state index >= 15 is 0 Å². The molecule has 0 saturated heterocycles. The van der Waals surface area contributed by atoms with Gasteiger partial charge in [-0.05, 0) is 41.7 Å². The zero-order valence-electron chi connectivity index (χ0n) is 13.6. The molecule has 0 unspecified atom stereocenters. The van der Waals surface area contributed by atoms with E-state index in [0.717, 1.165) is 29.5 Å². The molecule has 0 saturated carbocycles. The van der Waals surface area contributed by atoms with Crippen LogP contribution >= 0.6 is 0 Å². The lowest BCUT2D eigenvalue weighted by Gasteiger charge is -2.08. The van der Waals surface area contributed by atoms with E-state index in [0.29, 0.717) is 0 Å². The smallest absolute Gasteiger partial charge is 0.323 e. The quantitative estimate of drug-likeness (QED) is 0.752. The second-order valence-electron chi connectivity index (χ2n) is 5.85. The van der Waals surface area contributed by atoms with Gasteiger partial charge in [-0.2, -0.15) is 0 Å². The van der Waals surface area contributed by atoms with Crippen molar-refractivity contribution in [2.45, 2.75) is 19.4 Å². The van der Waals surface area contributed by atoms with Crippen molar-refractivity contribution >= 4 is 5.97 Å². The number of carboxylic acid groups (broad SMARTS) is 1. The molecule has 3 rings (SSSR count). The molecular weight excluding hydrogens is 316 g/mol. The number of aliphatic carboxylic acids is 1. The molecule has 0 atom stereocenters. The molecule has 1 aromatic carbocycles. The highest BCUT2D eigenvalue weighted by Crippen LogP contribution is 2.19. The third-order valence-corrected chi connectivity index (χ3v) is 3.96. The van der Waals surface area contributed by atoms with Crippen LogP contribution in [-0.4, -0.2) is 20.6 Å². The van der Waals surface area contributed by atoms with Crippen LogP contribution in [0.3, 0.4) is 0 Å². The molecule has 0 bridgehead atoms. The van der Waals surface area contributed by atoms with E-state index in [1.54, 1.807) is 18.5 Å². The van der Waals surface area contributed by atoms with Crippen LogP contribution in [0.4, 0.5) is 0 Å². The number of aromatic nitrogens is 2. The highest BCUT2D eigenvalue weighted by molar-refractivity contribution is 5.67. The first-order valence-electron chi connectivity index (χ1n) is 8.02. The van der Waals surface area contributed by atoms with E-state index in [9.17, 15) is 9.59 Å². The number of pyridine rings is 2. The fourth-order valence-corrected chi connectivity index (χ4v) is 2.69. The lowest BCUT2D eigenvalue weighted by Crippen LogP contribution is -2.22. The fourth-order valence-electron chi connectivity index (χ4n) is 2.69. The topological polar surface area (TPSA) is 72.2 Å². The molecule has 0 aliphatic heterocycles. The Bertz CT molecular complexity index is 933. The maximum atomic E-state index is 11.7. The van der Waals surface area contributed by atoms with Crippen LogP contribution in [0.2, 0.25) is 0 Å². The van der Waals surface area contributed by atoms with Crippen molar-refractivity contribution in [2.75, 3.05) is 0 Å². The van der Waals surface area contributed by atoms with Gasteiger partial charge in [-0.3, -0.25) is 14.6 Å². The lowest BCUT2D eigenvalue weighted by atomic mass is 10.0. The highest BCUT2D eigenvalue weighted by atomic mass is 16.4. The van der Waals surface area contributed by atoms with Crippen molar-refractivity contribution in [1.29, 1.82) is 0 Å². The molecule has 3 aromatic rings. The van der Waals surface area contributed by atoms with Crippen LogP contribution in [0.1, 0.15) is 11.1 Å². The zero-order chi connectivity index (χ0) is 17.6. The van der Waals surface area contributed by atoms with Crippen molar-refractivity contribution < 1.29 is 9.90 Å². The standard InChI is InChI=1S/C20H18N2O3/c23-19-9-8-17(13-22(19)14-20(24)25)18-10-16(11-21-12-18)7-6-15-4-2-1-3-5-15/h1-5,8-13H,6-7,14H2,(H,24,25). The predicted octanol–water partition coefficient (Wildman–Crippen LogP) is 2.78. The van der Waals surface area contributed by atoms with Gasteiger partial charge in [0, 0.05) is 30.2 Å². The minimum Gasteiger partial charge on any atom is -0.480 e. The van der Waals surface area contributed by atoms with E-state index in [4.69, 9.17) is 5.11 Å². The van der Waals surface area contributed by atoms with Gasteiger partial charge in [0.25, 0.3) is 5.56 Å². The summed E-state index contributed by atoms with van der Waals surface area (Å²) in [5.74, 6) is -1.05. The van der Waals surface area contributed by atoms with E-state index < -0.39 is 5.97 Å². The van der Waals surface area contributed by atoms with Crippen LogP contribution in [0.15, 0.2) is 71.9 Å². The van der Waals surface area contributed by atoms with Crippen LogP contribution in [0.5, 0.6) is 0 Å². The second kappa shape index (κ2) is 7.57. The Morgan fingerprint density at radius 3 is 2.48 bits per heavy atom. The average molecular weight is 334 g/mol. The number of nitrogens with zero attached hydrogens (tertiary/aromatic N) is 2. The van der Waals surface area contributed by atoms with Crippen molar-refractivity contribution in [3.8, 4) is 11.1 Å². The summed E-state index contributed by atoms with van der Waals surface area (Å²) < 4.78 is 1.19. The van der Waals surface area contributed by atoms with Crippen LogP contribution in [0.25, 0.3) is 11.1 Å². The van der Waals surface area contributed by atoms with Gasteiger partial charge in [-0.15, -0.1) is 0 Å². The van der Waals surface area contributed by atoms with Gasteiger partial charge in [0.1, 0.15) is 6.54 Å². The summed E-state index contributed by atoms with van der Waals surface area (Å²) in [5, 5.41) is 8.90. The largest absolute Gasteiger partial charge is 0.480 e. The third-order valence-electron chi connectivity index (χ3n) is 3.96. The Kier molecular flexibility index (Phi) is 5.04. The number of benzene rings is 1. The first kappa shape index (κ1) is 16.6. The van der Waals surface area contributed by atoms with Gasteiger partial charge in [0.2, 0.25) is 0 Å². The molecule has 25 heavy (non-hydrogen) atoms. The third kappa shape index (κ3) is 4.41. The predicted molar refractivity (Wildman–Crippen MR) is 95.4 cm³/mol. The Morgan fingerprint density at radius 2 is 1.72 bits per heavy atom. The molecule has 5 heteroatoms. The van der Waals surface area contributed by atoms with E-state index in [-0.39, 0.29) is 12.1 Å². The summed E-state index contributed by atoms with van der Waals surface area (Å²) in [4.78, 5) is 26.9. The van der Waals surface area contributed by atoms with Gasteiger partial charge in [0.15, 0.2) is 0 Å². The molecule has 126 valence electrons. The van der Waals surface area contributed by atoms with Crippen LogP contribution in [0, 0.1) is 0 Å². The normalized spacial score (nSPS) is 10.6. The molecule has 0 fully saturated rings. The Balaban J connectivity index is 1.81. The van der Waals surface area contributed by atoms with Crippen LogP contribution in [-0.2, 0) is 24.2 Å². The molecule has 0 amide bonds. The molecular formula is C20H18N2O3. The number of hydrogen-bond acceptors (Lipinski definition) is 3. The summed E-state index contributed by atoms with van der Waals surface area (Å²) in [6.45, 7) is -0.353. The number of hydrogen-bond donors (Lipinski definition) is 1. The lowest BCUT2D eigenvalue weighted by molar-refractivity contribution is -0.137. The highest BCUT2D eigenvalue weighted by Gasteiger charge is 2.06. The fraction of sp³-hybridized carbons (Fsp3) is 0.150. The molecule has 0 aliphatic carbocycles. The van der Waals surface area contributed by atoms with E-state index in [1.807, 2.05) is 30.5 Å². The van der Waals surface area contributed by atoms with E-state index in [1.165, 1.54) is 16.2 Å².